The summed E-state index contributed by atoms with van der Waals surface area (Å²) in [6.45, 7) is 3.54. The smallest absolute Gasteiger partial charge is 0.0587 e. The van der Waals surface area contributed by atoms with E-state index in [2.05, 4.69) is 17.4 Å². The molecule has 1 fully saturated rings. The predicted molar refractivity (Wildman–Crippen MR) is 87.0 cm³/mol. The van der Waals surface area contributed by atoms with Gasteiger partial charge in [-0.1, -0.05) is 29.8 Å². The quantitative estimate of drug-likeness (QED) is 0.710. The Hall–Kier alpha value is -0.610. The summed E-state index contributed by atoms with van der Waals surface area (Å²) in [5, 5.41) is 4.34. The van der Waals surface area contributed by atoms with Gasteiger partial charge in [0.15, 0.2) is 0 Å². The molecule has 21 heavy (non-hydrogen) atoms. The van der Waals surface area contributed by atoms with Crippen molar-refractivity contribution < 1.29 is 9.47 Å². The van der Waals surface area contributed by atoms with Gasteiger partial charge in [0, 0.05) is 25.3 Å². The van der Waals surface area contributed by atoms with Gasteiger partial charge in [-0.05, 0) is 49.8 Å². The van der Waals surface area contributed by atoms with E-state index in [9.17, 15) is 0 Å². The first-order valence-electron chi connectivity index (χ1n) is 7.84. The summed E-state index contributed by atoms with van der Waals surface area (Å²) >= 11 is 6.30. The number of hydrogen-bond donors (Lipinski definition) is 1. The molecule has 0 amide bonds. The van der Waals surface area contributed by atoms with Crippen molar-refractivity contribution in [2.45, 2.75) is 31.8 Å². The molecule has 1 N–H and O–H groups in total. The summed E-state index contributed by atoms with van der Waals surface area (Å²) < 4.78 is 10.9. The van der Waals surface area contributed by atoms with Crippen molar-refractivity contribution in [3.63, 3.8) is 0 Å². The fraction of sp³-hybridized carbons (Fsp3) is 0.647. The highest BCUT2D eigenvalue weighted by atomic mass is 35.5. The van der Waals surface area contributed by atoms with Crippen molar-refractivity contribution in [2.24, 2.45) is 5.92 Å². The van der Waals surface area contributed by atoms with Crippen molar-refractivity contribution in [1.82, 2.24) is 5.32 Å². The third-order valence-electron chi connectivity index (χ3n) is 4.00. The molecule has 0 saturated carbocycles. The summed E-state index contributed by atoms with van der Waals surface area (Å²) in [5.74, 6) is 0.546. The Balaban J connectivity index is 1.88. The zero-order valence-electron chi connectivity index (χ0n) is 12.8. The molecule has 0 radical (unpaired) electrons. The summed E-state index contributed by atoms with van der Waals surface area (Å²) in [6.07, 6.45) is 4.91. The molecule has 2 rings (SSSR count). The van der Waals surface area contributed by atoms with E-state index < -0.39 is 0 Å². The summed E-state index contributed by atoms with van der Waals surface area (Å²) in [4.78, 5) is 0. The normalized spacial score (nSPS) is 19.8. The largest absolute Gasteiger partial charge is 0.383 e. The Morgan fingerprint density at radius 3 is 3.00 bits per heavy atom. The average molecular weight is 312 g/mol. The molecule has 1 aromatic rings. The topological polar surface area (TPSA) is 30.5 Å². The molecule has 1 aromatic carbocycles. The summed E-state index contributed by atoms with van der Waals surface area (Å²) in [6, 6.07) is 8.14. The lowest BCUT2D eigenvalue weighted by molar-refractivity contribution is 0.0888. The van der Waals surface area contributed by atoms with Crippen LogP contribution in [0.3, 0.4) is 0 Å². The van der Waals surface area contributed by atoms with Crippen LogP contribution in [-0.4, -0.2) is 39.5 Å². The fourth-order valence-electron chi connectivity index (χ4n) is 2.90. The maximum atomic E-state index is 6.30. The molecule has 1 aliphatic heterocycles. The first-order chi connectivity index (χ1) is 10.3. The van der Waals surface area contributed by atoms with Crippen LogP contribution in [0, 0.1) is 5.92 Å². The van der Waals surface area contributed by atoms with Gasteiger partial charge in [-0.15, -0.1) is 0 Å². The zero-order valence-corrected chi connectivity index (χ0v) is 13.6. The second kappa shape index (κ2) is 9.42. The van der Waals surface area contributed by atoms with Crippen LogP contribution in [0.15, 0.2) is 24.3 Å². The Morgan fingerprint density at radius 2 is 2.29 bits per heavy atom. The van der Waals surface area contributed by atoms with Crippen molar-refractivity contribution in [3.8, 4) is 0 Å². The number of benzene rings is 1. The van der Waals surface area contributed by atoms with E-state index >= 15 is 0 Å². The van der Waals surface area contributed by atoms with Gasteiger partial charge in [0.05, 0.1) is 12.7 Å². The van der Waals surface area contributed by atoms with Crippen LogP contribution >= 0.6 is 11.6 Å². The molecule has 2 atom stereocenters. The van der Waals surface area contributed by atoms with Crippen molar-refractivity contribution in [1.29, 1.82) is 0 Å². The van der Waals surface area contributed by atoms with Crippen LogP contribution in [0.2, 0.25) is 5.02 Å². The molecule has 1 heterocycles. The molecule has 118 valence electrons. The van der Waals surface area contributed by atoms with Gasteiger partial charge in [0.1, 0.15) is 0 Å². The minimum absolute atomic E-state index is 0.418. The van der Waals surface area contributed by atoms with Gasteiger partial charge in [0.25, 0.3) is 0 Å². The second-order valence-corrected chi connectivity index (χ2v) is 6.14. The zero-order chi connectivity index (χ0) is 14.9. The minimum Gasteiger partial charge on any atom is -0.383 e. The van der Waals surface area contributed by atoms with Crippen molar-refractivity contribution in [2.75, 3.05) is 33.4 Å². The average Bonchev–Trinajstić information content (AvgIpc) is 2.99. The first-order valence-corrected chi connectivity index (χ1v) is 8.22. The molecule has 3 nitrogen and oxygen atoms in total. The highest BCUT2D eigenvalue weighted by molar-refractivity contribution is 6.31. The number of methoxy groups -OCH3 is 1. The molecule has 4 heteroatoms. The van der Waals surface area contributed by atoms with E-state index in [1.165, 1.54) is 18.4 Å². The molecule has 1 saturated heterocycles. The Kier molecular flexibility index (Phi) is 7.51. The molecular formula is C17H26ClNO2. The number of rotatable bonds is 9. The number of halogens is 1. The van der Waals surface area contributed by atoms with Gasteiger partial charge in [-0.25, -0.2) is 0 Å². The summed E-state index contributed by atoms with van der Waals surface area (Å²) in [7, 11) is 1.73. The SMILES string of the molecule is COCCNCC(Cc1ccccc1Cl)CC1CCCO1. The number of hydrogen-bond acceptors (Lipinski definition) is 3. The number of nitrogens with one attached hydrogen (secondary N) is 1. The number of ether oxygens (including phenoxy) is 2. The van der Waals surface area contributed by atoms with Crippen LogP contribution in [0.4, 0.5) is 0 Å². The lowest BCUT2D eigenvalue weighted by Crippen LogP contribution is -2.29. The van der Waals surface area contributed by atoms with Crippen LogP contribution < -0.4 is 5.32 Å². The van der Waals surface area contributed by atoms with Gasteiger partial charge in [-0.3, -0.25) is 0 Å². The van der Waals surface area contributed by atoms with Gasteiger partial charge >= 0.3 is 0 Å². The maximum absolute atomic E-state index is 6.30. The maximum Gasteiger partial charge on any atom is 0.0587 e. The molecule has 0 spiro atoms. The monoisotopic (exact) mass is 311 g/mol. The third-order valence-corrected chi connectivity index (χ3v) is 4.37. The molecule has 0 aromatic heterocycles. The molecule has 0 bridgehead atoms. The van der Waals surface area contributed by atoms with E-state index in [0.717, 1.165) is 44.2 Å². The first kappa shape index (κ1) is 16.8. The van der Waals surface area contributed by atoms with Gasteiger partial charge < -0.3 is 14.8 Å². The fourth-order valence-corrected chi connectivity index (χ4v) is 3.11. The van der Waals surface area contributed by atoms with E-state index in [1.807, 2.05) is 12.1 Å². The van der Waals surface area contributed by atoms with Crippen LogP contribution in [0.5, 0.6) is 0 Å². The minimum atomic E-state index is 0.418. The van der Waals surface area contributed by atoms with E-state index in [1.54, 1.807) is 7.11 Å². The summed E-state index contributed by atoms with van der Waals surface area (Å²) in [5.41, 5.74) is 1.23. The third kappa shape index (κ3) is 5.95. The highest BCUT2D eigenvalue weighted by Gasteiger charge is 2.21. The van der Waals surface area contributed by atoms with Crippen LogP contribution in [-0.2, 0) is 15.9 Å². The van der Waals surface area contributed by atoms with E-state index in [-0.39, 0.29) is 0 Å². The van der Waals surface area contributed by atoms with Gasteiger partial charge in [0.2, 0.25) is 0 Å². The van der Waals surface area contributed by atoms with E-state index in [0.29, 0.717) is 12.0 Å². The molecule has 1 aliphatic rings. The lowest BCUT2D eigenvalue weighted by atomic mass is 9.92. The van der Waals surface area contributed by atoms with Crippen LogP contribution in [0.25, 0.3) is 0 Å². The molecule has 0 aliphatic carbocycles. The Morgan fingerprint density at radius 1 is 1.43 bits per heavy atom. The van der Waals surface area contributed by atoms with Crippen molar-refractivity contribution >= 4 is 11.6 Å². The van der Waals surface area contributed by atoms with Crippen molar-refractivity contribution in [3.05, 3.63) is 34.9 Å². The van der Waals surface area contributed by atoms with E-state index in [4.69, 9.17) is 21.1 Å². The Labute approximate surface area is 133 Å². The van der Waals surface area contributed by atoms with Crippen LogP contribution in [0.1, 0.15) is 24.8 Å². The standard InChI is InChI=1S/C17H26ClNO2/c1-20-10-8-19-13-14(12-16-6-4-9-21-16)11-15-5-2-3-7-17(15)18/h2-3,5,7,14,16,19H,4,6,8-13H2,1H3. The second-order valence-electron chi connectivity index (χ2n) is 5.73. The lowest BCUT2D eigenvalue weighted by Gasteiger charge is -2.21. The molecular weight excluding hydrogens is 286 g/mol. The van der Waals surface area contributed by atoms with Gasteiger partial charge in [-0.2, -0.15) is 0 Å². The predicted octanol–water partition coefficient (Wildman–Crippen LogP) is 3.30. The molecule has 2 unspecified atom stereocenters. The highest BCUT2D eigenvalue weighted by Crippen LogP contribution is 2.25. The Bertz CT molecular complexity index is 408.